The van der Waals surface area contributed by atoms with Crippen molar-refractivity contribution in [3.8, 4) is 0 Å². The van der Waals surface area contributed by atoms with Crippen LogP contribution in [0.5, 0.6) is 0 Å². The standard InChI is InChI=1S/C13H15ClN4O2/c1-8-15-12(20-16-8)9-3-4-18(6-9)13(19)11-5-10(14)7-17(11)2/h5,7,9H,3-4,6H2,1-2H3/t9-/m0/s1. The van der Waals surface area contributed by atoms with Gasteiger partial charge in [0.1, 0.15) is 5.69 Å². The van der Waals surface area contributed by atoms with Crippen molar-refractivity contribution < 1.29 is 9.32 Å². The minimum Gasteiger partial charge on any atom is -0.345 e. The number of hydrogen-bond acceptors (Lipinski definition) is 4. The van der Waals surface area contributed by atoms with E-state index < -0.39 is 0 Å². The fourth-order valence-corrected chi connectivity index (χ4v) is 2.77. The summed E-state index contributed by atoms with van der Waals surface area (Å²) in [5.74, 6) is 1.34. The van der Waals surface area contributed by atoms with Gasteiger partial charge in [-0.05, 0) is 19.4 Å². The molecule has 0 radical (unpaired) electrons. The smallest absolute Gasteiger partial charge is 0.270 e. The van der Waals surface area contributed by atoms with Crippen LogP contribution in [-0.4, -0.2) is 38.6 Å². The van der Waals surface area contributed by atoms with Crippen LogP contribution in [0, 0.1) is 6.92 Å². The SMILES string of the molecule is Cc1noc([C@H]2CCN(C(=O)c3cc(Cl)cn3C)C2)n1. The van der Waals surface area contributed by atoms with Gasteiger partial charge >= 0.3 is 0 Å². The van der Waals surface area contributed by atoms with Crippen molar-refractivity contribution in [2.24, 2.45) is 7.05 Å². The van der Waals surface area contributed by atoms with E-state index in [9.17, 15) is 4.79 Å². The lowest BCUT2D eigenvalue weighted by Crippen LogP contribution is -2.29. The Hall–Kier alpha value is -1.82. The van der Waals surface area contributed by atoms with Gasteiger partial charge in [-0.15, -0.1) is 0 Å². The van der Waals surface area contributed by atoms with Crippen molar-refractivity contribution in [1.29, 1.82) is 0 Å². The zero-order chi connectivity index (χ0) is 14.3. The first kappa shape index (κ1) is 13.2. The van der Waals surface area contributed by atoms with Crippen molar-refractivity contribution in [3.05, 3.63) is 34.7 Å². The van der Waals surface area contributed by atoms with Crippen LogP contribution in [0.25, 0.3) is 0 Å². The van der Waals surface area contributed by atoms with Gasteiger partial charge in [0.15, 0.2) is 5.82 Å². The second-order valence-electron chi connectivity index (χ2n) is 5.07. The molecule has 1 amide bonds. The zero-order valence-corrected chi connectivity index (χ0v) is 12.1. The number of nitrogens with zero attached hydrogens (tertiary/aromatic N) is 4. The Morgan fingerprint density at radius 2 is 2.35 bits per heavy atom. The van der Waals surface area contributed by atoms with Crippen LogP contribution < -0.4 is 0 Å². The van der Waals surface area contributed by atoms with Crippen LogP contribution in [0.3, 0.4) is 0 Å². The highest BCUT2D eigenvalue weighted by Crippen LogP contribution is 2.27. The average Bonchev–Trinajstić information content (AvgIpc) is 3.08. The van der Waals surface area contributed by atoms with Crippen LogP contribution in [0.4, 0.5) is 0 Å². The van der Waals surface area contributed by atoms with Gasteiger partial charge in [-0.1, -0.05) is 16.8 Å². The molecule has 0 aromatic carbocycles. The summed E-state index contributed by atoms with van der Waals surface area (Å²) in [4.78, 5) is 18.5. The minimum absolute atomic E-state index is 0.0156. The first-order chi connectivity index (χ1) is 9.54. The van der Waals surface area contributed by atoms with E-state index in [0.717, 1.165) is 6.42 Å². The Labute approximate surface area is 121 Å². The molecule has 0 N–H and O–H groups in total. The highest BCUT2D eigenvalue weighted by molar-refractivity contribution is 6.31. The van der Waals surface area contributed by atoms with E-state index in [0.29, 0.717) is 35.5 Å². The molecule has 0 saturated carbocycles. The number of likely N-dealkylation sites (tertiary alicyclic amines) is 1. The number of aromatic nitrogens is 3. The van der Waals surface area contributed by atoms with Crippen LogP contribution in [0.2, 0.25) is 5.02 Å². The Morgan fingerprint density at radius 1 is 1.55 bits per heavy atom. The summed E-state index contributed by atoms with van der Waals surface area (Å²) in [7, 11) is 1.81. The van der Waals surface area contributed by atoms with Crippen molar-refractivity contribution in [1.82, 2.24) is 19.6 Å². The van der Waals surface area contributed by atoms with Crippen molar-refractivity contribution in [3.63, 3.8) is 0 Å². The molecule has 1 aliphatic heterocycles. The predicted molar refractivity (Wildman–Crippen MR) is 72.7 cm³/mol. The van der Waals surface area contributed by atoms with Gasteiger partial charge in [-0.25, -0.2) is 0 Å². The third kappa shape index (κ3) is 2.31. The van der Waals surface area contributed by atoms with Crippen molar-refractivity contribution >= 4 is 17.5 Å². The molecule has 1 aliphatic rings. The summed E-state index contributed by atoms with van der Waals surface area (Å²) in [6.07, 6.45) is 2.56. The molecule has 0 bridgehead atoms. The van der Waals surface area contributed by atoms with E-state index >= 15 is 0 Å². The minimum atomic E-state index is -0.0156. The molecule has 106 valence electrons. The lowest BCUT2D eigenvalue weighted by atomic mass is 10.1. The summed E-state index contributed by atoms with van der Waals surface area (Å²) >= 11 is 5.92. The topological polar surface area (TPSA) is 64.2 Å². The molecule has 6 nitrogen and oxygen atoms in total. The van der Waals surface area contributed by atoms with Crippen molar-refractivity contribution in [2.45, 2.75) is 19.3 Å². The number of aryl methyl sites for hydroxylation is 2. The molecule has 1 atom stereocenters. The Kier molecular flexibility index (Phi) is 3.25. The molecule has 7 heteroatoms. The van der Waals surface area contributed by atoms with E-state index in [1.165, 1.54) is 0 Å². The number of halogens is 1. The van der Waals surface area contributed by atoms with Crippen LogP contribution in [0.15, 0.2) is 16.8 Å². The lowest BCUT2D eigenvalue weighted by Gasteiger charge is -2.16. The zero-order valence-electron chi connectivity index (χ0n) is 11.3. The molecule has 3 heterocycles. The van der Waals surface area contributed by atoms with Crippen LogP contribution >= 0.6 is 11.6 Å². The second kappa shape index (κ2) is 4.94. The number of hydrogen-bond donors (Lipinski definition) is 0. The van der Waals surface area contributed by atoms with E-state index in [1.807, 2.05) is 7.05 Å². The summed E-state index contributed by atoms with van der Waals surface area (Å²) in [6.45, 7) is 3.08. The molecule has 0 unspecified atom stereocenters. The molecular weight excluding hydrogens is 280 g/mol. The summed E-state index contributed by atoms with van der Waals surface area (Å²) in [5.41, 5.74) is 0.595. The van der Waals surface area contributed by atoms with Crippen LogP contribution in [0.1, 0.15) is 34.5 Å². The maximum Gasteiger partial charge on any atom is 0.270 e. The fourth-order valence-electron chi connectivity index (χ4n) is 2.52. The Bertz CT molecular complexity index is 649. The van der Waals surface area contributed by atoms with Gasteiger partial charge in [0.2, 0.25) is 5.89 Å². The number of amides is 1. The maximum absolute atomic E-state index is 12.4. The second-order valence-corrected chi connectivity index (χ2v) is 5.51. The third-order valence-electron chi connectivity index (χ3n) is 3.56. The number of carbonyl (C=O) groups excluding carboxylic acids is 1. The molecule has 3 rings (SSSR count). The van der Waals surface area contributed by atoms with E-state index in [-0.39, 0.29) is 11.8 Å². The number of carbonyl (C=O) groups is 1. The fraction of sp³-hybridized carbons (Fsp3) is 0.462. The predicted octanol–water partition coefficient (Wildman–Crippen LogP) is 2.00. The summed E-state index contributed by atoms with van der Waals surface area (Å²) in [6, 6.07) is 1.69. The largest absolute Gasteiger partial charge is 0.345 e. The monoisotopic (exact) mass is 294 g/mol. The Balaban J connectivity index is 1.74. The normalized spacial score (nSPS) is 18.8. The van der Waals surface area contributed by atoms with Gasteiger partial charge in [0.25, 0.3) is 5.91 Å². The third-order valence-corrected chi connectivity index (χ3v) is 3.77. The molecule has 20 heavy (non-hydrogen) atoms. The van der Waals surface area contributed by atoms with E-state index in [4.69, 9.17) is 16.1 Å². The number of rotatable bonds is 2. The highest BCUT2D eigenvalue weighted by atomic mass is 35.5. The molecule has 1 saturated heterocycles. The molecule has 0 aliphatic carbocycles. The first-order valence-electron chi connectivity index (χ1n) is 6.46. The van der Waals surface area contributed by atoms with E-state index in [1.54, 1.807) is 28.7 Å². The quantitative estimate of drug-likeness (QED) is 0.850. The van der Waals surface area contributed by atoms with E-state index in [2.05, 4.69) is 10.1 Å². The highest BCUT2D eigenvalue weighted by Gasteiger charge is 2.32. The first-order valence-corrected chi connectivity index (χ1v) is 6.83. The van der Waals surface area contributed by atoms with Gasteiger partial charge < -0.3 is 14.0 Å². The summed E-state index contributed by atoms with van der Waals surface area (Å²) in [5, 5.41) is 4.36. The molecule has 2 aromatic heterocycles. The van der Waals surface area contributed by atoms with Gasteiger partial charge in [0, 0.05) is 26.3 Å². The van der Waals surface area contributed by atoms with Gasteiger partial charge in [0.05, 0.1) is 10.9 Å². The van der Waals surface area contributed by atoms with Crippen LogP contribution in [-0.2, 0) is 7.05 Å². The maximum atomic E-state index is 12.4. The molecular formula is C13H15ClN4O2. The summed E-state index contributed by atoms with van der Waals surface area (Å²) < 4.78 is 6.93. The Morgan fingerprint density at radius 3 is 2.95 bits per heavy atom. The average molecular weight is 295 g/mol. The lowest BCUT2D eigenvalue weighted by molar-refractivity contribution is 0.0780. The van der Waals surface area contributed by atoms with Gasteiger partial charge in [-0.3, -0.25) is 4.79 Å². The molecule has 2 aromatic rings. The molecule has 0 spiro atoms. The van der Waals surface area contributed by atoms with Gasteiger partial charge in [-0.2, -0.15) is 4.98 Å². The van der Waals surface area contributed by atoms with Crippen molar-refractivity contribution in [2.75, 3.05) is 13.1 Å². The molecule has 1 fully saturated rings.